The van der Waals surface area contributed by atoms with E-state index < -0.39 is 5.56 Å². The van der Waals surface area contributed by atoms with E-state index in [1.165, 1.54) is 7.11 Å². The van der Waals surface area contributed by atoms with Crippen molar-refractivity contribution in [3.8, 4) is 17.7 Å². The standard InChI is InChI=1S/C18H19ClN4O3/c1-4-5-8-23-17(24)13(10-20)11(2)16(18(23)25)22-21-12-6-7-15(26-3)14(19)9-12/h6-7,9,24H,4-5,8H2,1-3H3. The SMILES string of the molecule is CCCCn1c(O)c(C#N)c(C)c(N=Nc2ccc(OC)c(Cl)c2)c1=O. The van der Waals surface area contributed by atoms with Crippen LogP contribution in [0.5, 0.6) is 11.6 Å². The minimum atomic E-state index is -0.490. The topological polar surface area (TPSA) is 100.0 Å². The molecule has 2 aromatic rings. The van der Waals surface area contributed by atoms with Crippen molar-refractivity contribution in [2.45, 2.75) is 33.2 Å². The first-order valence-corrected chi connectivity index (χ1v) is 8.44. The summed E-state index contributed by atoms with van der Waals surface area (Å²) in [5.41, 5.74) is 0.257. The fraction of sp³-hybridized carbons (Fsp3) is 0.333. The quantitative estimate of drug-likeness (QED) is 0.746. The van der Waals surface area contributed by atoms with Gasteiger partial charge in [0.15, 0.2) is 5.69 Å². The molecule has 1 N–H and O–H groups in total. The number of aromatic hydroxyl groups is 1. The molecule has 1 heterocycles. The maximum atomic E-state index is 12.7. The lowest BCUT2D eigenvalue weighted by atomic mass is 10.1. The van der Waals surface area contributed by atoms with E-state index in [9.17, 15) is 15.2 Å². The molecule has 1 aromatic carbocycles. The number of hydrogen-bond donors (Lipinski definition) is 1. The molecule has 0 aliphatic rings. The van der Waals surface area contributed by atoms with Gasteiger partial charge in [-0.1, -0.05) is 24.9 Å². The molecule has 0 saturated carbocycles. The van der Waals surface area contributed by atoms with Gasteiger partial charge in [0.25, 0.3) is 5.56 Å². The molecule has 26 heavy (non-hydrogen) atoms. The monoisotopic (exact) mass is 374 g/mol. The highest BCUT2D eigenvalue weighted by molar-refractivity contribution is 6.32. The summed E-state index contributed by atoms with van der Waals surface area (Å²) in [6.07, 6.45) is 1.52. The van der Waals surface area contributed by atoms with Gasteiger partial charge in [0.1, 0.15) is 17.4 Å². The summed E-state index contributed by atoms with van der Waals surface area (Å²) in [5.74, 6) is 0.162. The van der Waals surface area contributed by atoms with E-state index in [0.717, 1.165) is 11.0 Å². The molecule has 0 aliphatic carbocycles. The van der Waals surface area contributed by atoms with Crippen LogP contribution in [0.1, 0.15) is 30.9 Å². The summed E-state index contributed by atoms with van der Waals surface area (Å²) in [4.78, 5) is 12.7. The molecule has 0 unspecified atom stereocenters. The predicted molar refractivity (Wildman–Crippen MR) is 98.9 cm³/mol. The minimum absolute atomic E-state index is 0.0161. The van der Waals surface area contributed by atoms with Gasteiger partial charge in [-0.15, -0.1) is 5.11 Å². The molecule has 0 amide bonds. The number of halogens is 1. The number of nitriles is 1. The molecule has 8 heteroatoms. The third-order valence-corrected chi connectivity index (χ3v) is 4.20. The van der Waals surface area contributed by atoms with Gasteiger partial charge in [-0.05, 0) is 31.5 Å². The number of pyridine rings is 1. The van der Waals surface area contributed by atoms with E-state index in [0.29, 0.717) is 29.4 Å². The largest absolute Gasteiger partial charge is 0.495 e. The highest BCUT2D eigenvalue weighted by atomic mass is 35.5. The Kier molecular flexibility index (Phi) is 6.36. The van der Waals surface area contributed by atoms with Crippen LogP contribution in [0.3, 0.4) is 0 Å². The third kappa shape index (κ3) is 3.86. The maximum absolute atomic E-state index is 12.7. The lowest BCUT2D eigenvalue weighted by Crippen LogP contribution is -2.22. The van der Waals surface area contributed by atoms with E-state index in [1.54, 1.807) is 25.1 Å². The number of aromatic nitrogens is 1. The van der Waals surface area contributed by atoms with Crippen LogP contribution >= 0.6 is 11.6 Å². The van der Waals surface area contributed by atoms with Crippen LogP contribution in [0.15, 0.2) is 33.2 Å². The van der Waals surface area contributed by atoms with E-state index in [4.69, 9.17) is 16.3 Å². The third-order valence-electron chi connectivity index (χ3n) is 3.91. The zero-order chi connectivity index (χ0) is 19.3. The first-order chi connectivity index (χ1) is 12.4. The van der Waals surface area contributed by atoms with Crippen molar-refractivity contribution < 1.29 is 9.84 Å². The number of rotatable bonds is 6. The average Bonchev–Trinajstić information content (AvgIpc) is 2.62. The summed E-state index contributed by atoms with van der Waals surface area (Å²) in [6, 6.07) is 6.76. The van der Waals surface area contributed by atoms with Crippen LogP contribution in [-0.4, -0.2) is 16.8 Å². The second-order valence-electron chi connectivity index (χ2n) is 5.61. The van der Waals surface area contributed by atoms with Crippen molar-refractivity contribution in [2.75, 3.05) is 7.11 Å². The van der Waals surface area contributed by atoms with Crippen LogP contribution in [0.25, 0.3) is 0 Å². The van der Waals surface area contributed by atoms with E-state index in [1.807, 2.05) is 13.0 Å². The number of benzene rings is 1. The molecule has 0 atom stereocenters. The Labute approximate surface area is 156 Å². The van der Waals surface area contributed by atoms with Gasteiger partial charge in [0, 0.05) is 12.1 Å². The van der Waals surface area contributed by atoms with Crippen molar-refractivity contribution in [1.29, 1.82) is 5.26 Å². The molecular weight excluding hydrogens is 356 g/mol. The first kappa shape index (κ1) is 19.5. The summed E-state index contributed by atoms with van der Waals surface area (Å²) >= 11 is 6.06. The molecule has 2 rings (SSSR count). The maximum Gasteiger partial charge on any atom is 0.281 e. The number of methoxy groups -OCH3 is 1. The Hall–Kier alpha value is -2.85. The van der Waals surface area contributed by atoms with Crippen LogP contribution in [-0.2, 0) is 6.54 Å². The highest BCUT2D eigenvalue weighted by Crippen LogP contribution is 2.31. The van der Waals surface area contributed by atoms with Crippen LogP contribution in [0.2, 0.25) is 5.02 Å². The van der Waals surface area contributed by atoms with Gasteiger partial charge in [-0.3, -0.25) is 9.36 Å². The number of unbranched alkanes of at least 4 members (excludes halogenated alkanes) is 1. The number of azo groups is 1. The lowest BCUT2D eigenvalue weighted by molar-refractivity contribution is 0.399. The molecule has 0 spiro atoms. The van der Waals surface area contributed by atoms with Gasteiger partial charge in [-0.2, -0.15) is 10.4 Å². The summed E-state index contributed by atoms with van der Waals surface area (Å²) in [7, 11) is 1.50. The number of nitrogens with zero attached hydrogens (tertiary/aromatic N) is 4. The zero-order valence-corrected chi connectivity index (χ0v) is 15.5. The predicted octanol–water partition coefficient (Wildman–Crippen LogP) is 4.61. The Morgan fingerprint density at radius 3 is 2.69 bits per heavy atom. The summed E-state index contributed by atoms with van der Waals surface area (Å²) in [6.45, 7) is 3.82. The van der Waals surface area contributed by atoms with Gasteiger partial charge < -0.3 is 9.84 Å². The van der Waals surface area contributed by atoms with Gasteiger partial charge in [0.2, 0.25) is 5.88 Å². The number of ether oxygens (including phenoxy) is 1. The molecule has 136 valence electrons. The normalized spacial score (nSPS) is 10.9. The molecule has 1 aromatic heterocycles. The van der Waals surface area contributed by atoms with Gasteiger partial charge in [-0.25, -0.2) is 0 Å². The molecule has 0 aliphatic heterocycles. The minimum Gasteiger partial charge on any atom is -0.495 e. The van der Waals surface area contributed by atoms with Crippen LogP contribution in [0.4, 0.5) is 11.4 Å². The second-order valence-corrected chi connectivity index (χ2v) is 6.02. The molecule has 0 saturated heterocycles. The lowest BCUT2D eigenvalue weighted by Gasteiger charge is -2.12. The Morgan fingerprint density at radius 1 is 1.38 bits per heavy atom. The fourth-order valence-electron chi connectivity index (χ4n) is 2.41. The molecular formula is C18H19ClN4O3. The van der Waals surface area contributed by atoms with Crippen LogP contribution in [0, 0.1) is 18.3 Å². The Bertz CT molecular complexity index is 945. The molecule has 0 radical (unpaired) electrons. The smallest absolute Gasteiger partial charge is 0.281 e. The van der Waals surface area contributed by atoms with Crippen molar-refractivity contribution in [1.82, 2.24) is 4.57 Å². The zero-order valence-electron chi connectivity index (χ0n) is 14.8. The van der Waals surface area contributed by atoms with E-state index in [2.05, 4.69) is 10.2 Å². The summed E-state index contributed by atoms with van der Waals surface area (Å²) < 4.78 is 6.23. The first-order valence-electron chi connectivity index (χ1n) is 8.06. The van der Waals surface area contributed by atoms with Crippen molar-refractivity contribution in [2.24, 2.45) is 10.2 Å². The second kappa shape index (κ2) is 8.50. The van der Waals surface area contributed by atoms with Gasteiger partial charge >= 0.3 is 0 Å². The fourth-order valence-corrected chi connectivity index (χ4v) is 2.66. The molecule has 0 bridgehead atoms. The van der Waals surface area contributed by atoms with E-state index >= 15 is 0 Å². The van der Waals surface area contributed by atoms with Crippen molar-refractivity contribution in [3.05, 3.63) is 44.7 Å². The molecule has 7 nitrogen and oxygen atoms in total. The Morgan fingerprint density at radius 2 is 2.12 bits per heavy atom. The summed E-state index contributed by atoms with van der Waals surface area (Å²) in [5, 5.41) is 28.0. The highest BCUT2D eigenvalue weighted by Gasteiger charge is 2.18. The number of hydrogen-bond acceptors (Lipinski definition) is 6. The van der Waals surface area contributed by atoms with Crippen molar-refractivity contribution >= 4 is 23.0 Å². The molecule has 0 fully saturated rings. The van der Waals surface area contributed by atoms with E-state index in [-0.39, 0.29) is 22.7 Å². The van der Waals surface area contributed by atoms with Gasteiger partial charge in [0.05, 0.1) is 17.8 Å². The average molecular weight is 375 g/mol. The Balaban J connectivity index is 2.53. The van der Waals surface area contributed by atoms with Crippen LogP contribution < -0.4 is 10.3 Å². The van der Waals surface area contributed by atoms with Crippen molar-refractivity contribution in [3.63, 3.8) is 0 Å².